The van der Waals surface area contributed by atoms with Crippen LogP contribution < -0.4 is 0 Å². The minimum Gasteiger partial charge on any atom is -0.474 e. The van der Waals surface area contributed by atoms with Gasteiger partial charge in [0.05, 0.1) is 13.7 Å². The van der Waals surface area contributed by atoms with Gasteiger partial charge >= 0.3 is 5.97 Å². The van der Waals surface area contributed by atoms with Crippen LogP contribution in [-0.2, 0) is 9.53 Å². The summed E-state index contributed by atoms with van der Waals surface area (Å²) in [7, 11) is 1.22. The molecule has 3 nitrogen and oxygen atoms in total. The van der Waals surface area contributed by atoms with Crippen LogP contribution in [-0.4, -0.2) is 13.1 Å². The van der Waals surface area contributed by atoms with Crippen molar-refractivity contribution in [1.82, 2.24) is 0 Å². The Morgan fingerprint density at radius 1 is 1.50 bits per heavy atom. The molecule has 0 spiro atoms. The summed E-state index contributed by atoms with van der Waals surface area (Å²) >= 11 is 9.13. The molecule has 1 aromatic carbocycles. The van der Waals surface area contributed by atoms with Gasteiger partial charge in [-0.15, -0.1) is 0 Å². The Labute approximate surface area is 107 Å². The largest absolute Gasteiger partial charge is 0.474 e. The number of carbonyl (C=O) groups is 1. The summed E-state index contributed by atoms with van der Waals surface area (Å²) in [6, 6.07) is 6.92. The molecule has 0 saturated heterocycles. The van der Waals surface area contributed by atoms with Crippen LogP contribution in [0.15, 0.2) is 30.0 Å². The Morgan fingerprint density at radius 2 is 2.12 bits per heavy atom. The second-order valence-electron chi connectivity index (χ2n) is 2.75. The molecule has 0 radical (unpaired) electrons. The number of carbonyl (C=O) groups excluding carboxylic acids is 1. The van der Waals surface area contributed by atoms with Gasteiger partial charge in [0.25, 0.3) is 5.70 Å². The molecule has 0 aliphatic carbocycles. The third-order valence-corrected chi connectivity index (χ3v) is 2.94. The van der Waals surface area contributed by atoms with Crippen LogP contribution >= 0.6 is 27.5 Å². The minimum atomic E-state index is -0.693. The van der Waals surface area contributed by atoms with Gasteiger partial charge < -0.3 is 4.74 Å². The molecular formula is C11H7BrClNO2. The molecular weight excluding hydrogens is 293 g/mol. The van der Waals surface area contributed by atoms with Crippen LogP contribution in [0.4, 0.5) is 0 Å². The van der Waals surface area contributed by atoms with Crippen molar-refractivity contribution < 1.29 is 9.53 Å². The molecule has 0 saturated carbocycles. The number of hydrogen-bond acceptors (Lipinski definition) is 2. The third-order valence-electron chi connectivity index (χ3n) is 1.81. The van der Waals surface area contributed by atoms with Crippen LogP contribution in [0.1, 0.15) is 5.56 Å². The molecule has 0 fully saturated rings. The normalized spacial score (nSPS) is 11.4. The summed E-state index contributed by atoms with van der Waals surface area (Å²) in [5, 5.41) is 0.458. The van der Waals surface area contributed by atoms with Gasteiger partial charge in [-0.2, -0.15) is 0 Å². The zero-order valence-electron chi connectivity index (χ0n) is 8.33. The van der Waals surface area contributed by atoms with Crippen molar-refractivity contribution in [2.24, 2.45) is 0 Å². The molecule has 0 aromatic heterocycles. The molecule has 0 heterocycles. The van der Waals surface area contributed by atoms with Gasteiger partial charge in [-0.05, 0) is 11.6 Å². The lowest BCUT2D eigenvalue weighted by Crippen LogP contribution is -2.02. The average Bonchev–Trinajstić information content (AvgIpc) is 2.30. The van der Waals surface area contributed by atoms with Crippen molar-refractivity contribution in [2.45, 2.75) is 0 Å². The minimum absolute atomic E-state index is 0.129. The lowest BCUT2D eigenvalue weighted by Gasteiger charge is -2.04. The van der Waals surface area contributed by atoms with Crippen LogP contribution in [0.25, 0.3) is 9.33 Å². The quantitative estimate of drug-likeness (QED) is 0.475. The molecule has 1 rings (SSSR count). The van der Waals surface area contributed by atoms with Gasteiger partial charge in [0.15, 0.2) is 0 Å². The van der Waals surface area contributed by atoms with Gasteiger partial charge in [0, 0.05) is 9.51 Å². The number of ether oxygens (including phenoxy) is 1. The first-order valence-corrected chi connectivity index (χ1v) is 5.39. The highest BCUT2D eigenvalue weighted by Gasteiger charge is 2.17. The average molecular weight is 301 g/mol. The van der Waals surface area contributed by atoms with Gasteiger partial charge in [-0.25, -0.2) is 4.85 Å². The molecule has 0 bridgehead atoms. The Morgan fingerprint density at radius 3 is 2.62 bits per heavy atom. The van der Waals surface area contributed by atoms with E-state index in [0.717, 1.165) is 0 Å². The lowest BCUT2D eigenvalue weighted by molar-refractivity contribution is -0.135. The van der Waals surface area contributed by atoms with Crippen LogP contribution in [0.3, 0.4) is 0 Å². The summed E-state index contributed by atoms with van der Waals surface area (Å²) in [6.45, 7) is 6.94. The van der Waals surface area contributed by atoms with E-state index in [9.17, 15) is 4.79 Å². The summed E-state index contributed by atoms with van der Waals surface area (Å²) in [5.41, 5.74) is 0.455. The fraction of sp³-hybridized carbons (Fsp3) is 0.0909. The smallest absolute Gasteiger partial charge is 0.337 e. The molecule has 1 aromatic rings. The first-order valence-electron chi connectivity index (χ1n) is 4.22. The molecule has 0 aliphatic rings. The fourth-order valence-corrected chi connectivity index (χ4v) is 1.99. The summed E-state index contributed by atoms with van der Waals surface area (Å²) in [6.07, 6.45) is 0. The van der Waals surface area contributed by atoms with E-state index in [1.54, 1.807) is 24.3 Å². The van der Waals surface area contributed by atoms with E-state index in [1.807, 2.05) is 0 Å². The number of methoxy groups -OCH3 is 1. The highest BCUT2D eigenvalue weighted by atomic mass is 79.9. The van der Waals surface area contributed by atoms with Crippen LogP contribution in [0.5, 0.6) is 0 Å². The van der Waals surface area contributed by atoms with Gasteiger partial charge in [-0.1, -0.05) is 45.7 Å². The Hall–Kier alpha value is -1.31. The van der Waals surface area contributed by atoms with Crippen molar-refractivity contribution in [1.29, 1.82) is 0 Å². The summed E-state index contributed by atoms with van der Waals surface area (Å²) < 4.78 is 4.84. The van der Waals surface area contributed by atoms with Crippen molar-refractivity contribution in [3.63, 3.8) is 0 Å². The maximum Gasteiger partial charge on any atom is 0.337 e. The molecule has 0 amide bonds. The Kier molecular flexibility index (Phi) is 4.53. The number of rotatable bonds is 2. The van der Waals surface area contributed by atoms with Crippen LogP contribution in [0, 0.1) is 6.57 Å². The summed E-state index contributed by atoms with van der Waals surface area (Å²) in [5.74, 6) is -0.693. The van der Waals surface area contributed by atoms with Crippen molar-refractivity contribution >= 4 is 38.0 Å². The first-order chi connectivity index (χ1) is 7.61. The lowest BCUT2D eigenvalue weighted by atomic mass is 10.2. The van der Waals surface area contributed by atoms with E-state index >= 15 is 0 Å². The van der Waals surface area contributed by atoms with Gasteiger partial charge in [0.2, 0.25) is 0 Å². The molecule has 0 atom stereocenters. The fourth-order valence-electron chi connectivity index (χ4n) is 1.05. The zero-order valence-corrected chi connectivity index (χ0v) is 10.7. The van der Waals surface area contributed by atoms with E-state index in [4.69, 9.17) is 18.2 Å². The van der Waals surface area contributed by atoms with Gasteiger partial charge in [0.1, 0.15) is 0 Å². The first kappa shape index (κ1) is 12.8. The second-order valence-corrected chi connectivity index (χ2v) is 3.95. The van der Waals surface area contributed by atoms with E-state index in [0.29, 0.717) is 15.1 Å². The number of hydrogen-bond donors (Lipinski definition) is 0. The predicted octanol–water partition coefficient (Wildman–Crippen LogP) is 3.50. The van der Waals surface area contributed by atoms with E-state index < -0.39 is 5.97 Å². The third kappa shape index (κ3) is 2.63. The number of halogens is 2. The monoisotopic (exact) mass is 299 g/mol. The van der Waals surface area contributed by atoms with Gasteiger partial charge in [-0.3, -0.25) is 4.79 Å². The zero-order chi connectivity index (χ0) is 12.1. The van der Waals surface area contributed by atoms with Crippen molar-refractivity contribution in [3.8, 4) is 0 Å². The molecule has 0 N–H and O–H groups in total. The van der Waals surface area contributed by atoms with E-state index in [2.05, 4.69) is 25.5 Å². The van der Waals surface area contributed by atoms with Crippen LogP contribution in [0.2, 0.25) is 5.02 Å². The molecule has 82 valence electrons. The molecule has 5 heteroatoms. The SMILES string of the molecule is [C-]#[N+]/C(C(=O)OC)=C(/Br)c1ccccc1Cl. The number of benzene rings is 1. The topological polar surface area (TPSA) is 30.7 Å². The molecule has 16 heavy (non-hydrogen) atoms. The maximum absolute atomic E-state index is 11.3. The van der Waals surface area contributed by atoms with E-state index in [1.165, 1.54) is 7.11 Å². The van der Waals surface area contributed by atoms with E-state index in [-0.39, 0.29) is 5.70 Å². The number of esters is 1. The van der Waals surface area contributed by atoms with Crippen molar-refractivity contribution in [2.75, 3.05) is 7.11 Å². The second kappa shape index (κ2) is 5.69. The van der Waals surface area contributed by atoms with Crippen molar-refractivity contribution in [3.05, 3.63) is 52.0 Å². The highest BCUT2D eigenvalue weighted by molar-refractivity contribution is 9.15. The Balaban J connectivity index is 3.33. The molecule has 0 unspecified atom stereocenters. The Bertz CT molecular complexity index is 491. The maximum atomic E-state index is 11.3. The number of nitrogens with zero attached hydrogens (tertiary/aromatic N) is 1. The molecule has 0 aliphatic heterocycles. The standard InChI is InChI=1S/C11H7BrClNO2/c1-14-10(11(15)16-2)9(12)7-5-3-4-6-8(7)13/h3-6H,2H3/b10-9+. The summed E-state index contributed by atoms with van der Waals surface area (Å²) in [4.78, 5) is 14.4. The highest BCUT2D eigenvalue weighted by Crippen LogP contribution is 2.31. The predicted molar refractivity (Wildman–Crippen MR) is 65.9 cm³/mol.